The van der Waals surface area contributed by atoms with E-state index in [4.69, 9.17) is 10.2 Å². The second-order valence-electron chi connectivity index (χ2n) is 1.90. The Morgan fingerprint density at radius 1 is 1.73 bits per heavy atom. The van der Waals surface area contributed by atoms with E-state index in [1.54, 1.807) is 6.08 Å². The van der Waals surface area contributed by atoms with Crippen LogP contribution in [-0.4, -0.2) is 11.7 Å². The Kier molecular flexibility index (Phi) is 2.06. The molecular weight excluding hydrogens is 142 g/mol. The molecule has 0 saturated carbocycles. The zero-order valence-electron chi connectivity index (χ0n) is 6.22. The molecule has 2 N–H and O–H groups in total. The minimum atomic E-state index is 0.230. The van der Waals surface area contributed by atoms with Crippen LogP contribution in [0.4, 0.5) is 0 Å². The number of hydrogen-bond donors (Lipinski definition) is 2. The first kappa shape index (κ1) is 7.53. The largest absolute Gasteiger partial charge is 0.359 e. The monoisotopic (exact) mass is 151 g/mol. The minimum Gasteiger partial charge on any atom is -0.359 e. The van der Waals surface area contributed by atoms with Crippen molar-refractivity contribution in [2.45, 2.75) is 6.92 Å². The molecule has 0 radical (unpaired) electrons. The minimum absolute atomic E-state index is 0.230. The van der Waals surface area contributed by atoms with Crippen LogP contribution in [0.5, 0.6) is 0 Å². The first-order valence-corrected chi connectivity index (χ1v) is 3.16. The molecule has 1 heterocycles. The molecule has 0 amide bonds. The molecule has 1 aliphatic rings. The number of amidine groups is 1. The number of nitrogens with zero attached hydrogens (tertiary/aromatic N) is 1. The summed E-state index contributed by atoms with van der Waals surface area (Å²) < 4.78 is 0. The van der Waals surface area contributed by atoms with E-state index in [-0.39, 0.29) is 5.84 Å². The van der Waals surface area contributed by atoms with Crippen molar-refractivity contribution in [1.82, 2.24) is 5.48 Å². The summed E-state index contributed by atoms with van der Waals surface area (Å²) in [5.74, 6) is 0.626. The van der Waals surface area contributed by atoms with E-state index in [1.807, 2.05) is 6.92 Å². The van der Waals surface area contributed by atoms with Crippen molar-refractivity contribution in [3.05, 3.63) is 24.4 Å². The van der Waals surface area contributed by atoms with Gasteiger partial charge in [-0.1, -0.05) is 12.7 Å². The van der Waals surface area contributed by atoms with Crippen LogP contribution in [0.25, 0.3) is 0 Å². The lowest BCUT2D eigenvalue weighted by atomic mass is 10.2. The molecule has 0 unspecified atom stereocenters. The van der Waals surface area contributed by atoms with Gasteiger partial charge < -0.3 is 4.84 Å². The summed E-state index contributed by atoms with van der Waals surface area (Å²) in [7, 11) is 0. The fraction of sp³-hybridized carbons (Fsp3) is 0.143. The topological polar surface area (TPSA) is 57.5 Å². The van der Waals surface area contributed by atoms with E-state index < -0.39 is 0 Å². The molecule has 0 aromatic rings. The third kappa shape index (κ3) is 1.29. The Morgan fingerprint density at radius 3 is 3.00 bits per heavy atom. The number of allylic oxidation sites excluding steroid dienone is 1. The number of hydrogen-bond acceptors (Lipinski definition) is 3. The quantitative estimate of drug-likeness (QED) is 0.587. The summed E-state index contributed by atoms with van der Waals surface area (Å²) >= 11 is 0. The lowest BCUT2D eigenvalue weighted by molar-refractivity contribution is 0.264. The van der Waals surface area contributed by atoms with Gasteiger partial charge in [0.25, 0.3) is 5.90 Å². The predicted molar refractivity (Wildman–Crippen MR) is 43.3 cm³/mol. The van der Waals surface area contributed by atoms with Gasteiger partial charge in [0.05, 0.1) is 5.57 Å². The van der Waals surface area contributed by atoms with Gasteiger partial charge in [-0.2, -0.15) is 0 Å². The van der Waals surface area contributed by atoms with E-state index in [0.29, 0.717) is 11.5 Å². The standard InChI is InChI=1S/C7H9N3O/c1-3-5-6(8)10-11-7(5)9-4-2/h3-4H,2H2,1H3,(H2,8,10)/b5-3-,9-7?. The Bertz CT molecular complexity index is 252. The van der Waals surface area contributed by atoms with Crippen molar-refractivity contribution >= 4 is 11.7 Å². The number of rotatable bonds is 1. The average Bonchev–Trinajstić information content (AvgIpc) is 2.33. The van der Waals surface area contributed by atoms with Gasteiger partial charge in [-0.05, 0) is 6.92 Å². The summed E-state index contributed by atoms with van der Waals surface area (Å²) in [4.78, 5) is 8.66. The third-order valence-corrected chi connectivity index (χ3v) is 1.25. The Hall–Kier alpha value is -1.58. The highest BCUT2D eigenvalue weighted by atomic mass is 16.7. The van der Waals surface area contributed by atoms with Crippen LogP contribution in [0.15, 0.2) is 29.4 Å². The molecule has 1 aliphatic heterocycles. The van der Waals surface area contributed by atoms with Crippen LogP contribution in [-0.2, 0) is 4.84 Å². The molecule has 0 spiro atoms. The molecule has 0 aromatic heterocycles. The maximum atomic E-state index is 7.30. The highest BCUT2D eigenvalue weighted by Crippen LogP contribution is 2.06. The Labute approximate surface area is 64.7 Å². The zero-order chi connectivity index (χ0) is 8.27. The smallest absolute Gasteiger partial charge is 0.256 e. The van der Waals surface area contributed by atoms with Gasteiger partial charge in [-0.25, -0.2) is 10.5 Å². The zero-order valence-corrected chi connectivity index (χ0v) is 6.22. The Morgan fingerprint density at radius 2 is 2.45 bits per heavy atom. The lowest BCUT2D eigenvalue weighted by Gasteiger charge is -1.90. The predicted octanol–water partition coefficient (Wildman–Crippen LogP) is 0.987. The molecule has 58 valence electrons. The molecule has 1 rings (SSSR count). The van der Waals surface area contributed by atoms with Crippen molar-refractivity contribution in [2.75, 3.05) is 0 Å². The summed E-state index contributed by atoms with van der Waals surface area (Å²) in [5, 5.41) is 7.30. The second kappa shape index (κ2) is 3.01. The van der Waals surface area contributed by atoms with Gasteiger partial charge in [0.15, 0.2) is 5.84 Å². The van der Waals surface area contributed by atoms with Crippen molar-refractivity contribution in [2.24, 2.45) is 4.99 Å². The highest BCUT2D eigenvalue weighted by Gasteiger charge is 2.21. The van der Waals surface area contributed by atoms with Crippen LogP contribution >= 0.6 is 0 Å². The Balaban J connectivity index is 2.95. The number of nitrogens with one attached hydrogen (secondary N) is 2. The highest BCUT2D eigenvalue weighted by molar-refractivity contribution is 6.22. The molecule has 0 aliphatic carbocycles. The molecule has 0 atom stereocenters. The number of hydroxylamine groups is 1. The van der Waals surface area contributed by atoms with E-state index in [9.17, 15) is 0 Å². The van der Waals surface area contributed by atoms with E-state index >= 15 is 0 Å². The average molecular weight is 151 g/mol. The first-order valence-electron chi connectivity index (χ1n) is 3.16. The van der Waals surface area contributed by atoms with E-state index in [1.165, 1.54) is 6.20 Å². The van der Waals surface area contributed by atoms with Crippen LogP contribution < -0.4 is 5.48 Å². The SMILES string of the molecule is C=CN=C1ONC(=N)/C1=C/C. The fourth-order valence-corrected chi connectivity index (χ4v) is 0.763. The third-order valence-electron chi connectivity index (χ3n) is 1.25. The summed E-state index contributed by atoms with van der Waals surface area (Å²) in [6.07, 6.45) is 3.13. The van der Waals surface area contributed by atoms with Gasteiger partial charge in [-0.15, -0.1) is 0 Å². The summed E-state index contributed by atoms with van der Waals surface area (Å²) in [5.41, 5.74) is 3.05. The van der Waals surface area contributed by atoms with Gasteiger partial charge in [0.1, 0.15) is 0 Å². The lowest BCUT2D eigenvalue weighted by Crippen LogP contribution is -2.11. The molecule has 0 bridgehead atoms. The van der Waals surface area contributed by atoms with Gasteiger partial charge >= 0.3 is 0 Å². The van der Waals surface area contributed by atoms with Crippen LogP contribution in [0.1, 0.15) is 6.92 Å². The molecule has 1 fully saturated rings. The molecule has 4 nitrogen and oxygen atoms in total. The maximum absolute atomic E-state index is 7.30. The summed E-state index contributed by atoms with van der Waals surface area (Å²) in [6.45, 7) is 5.24. The fourth-order valence-electron chi connectivity index (χ4n) is 0.763. The van der Waals surface area contributed by atoms with Crippen molar-refractivity contribution in [1.29, 1.82) is 5.41 Å². The molecular formula is C7H9N3O. The normalized spacial score (nSPS) is 23.5. The first-order chi connectivity index (χ1) is 5.29. The van der Waals surface area contributed by atoms with Gasteiger partial charge in [0, 0.05) is 6.20 Å². The van der Waals surface area contributed by atoms with Gasteiger partial charge in [0.2, 0.25) is 0 Å². The summed E-state index contributed by atoms with van der Waals surface area (Å²) in [6, 6.07) is 0. The second-order valence-corrected chi connectivity index (χ2v) is 1.90. The van der Waals surface area contributed by atoms with Crippen LogP contribution in [0.3, 0.4) is 0 Å². The van der Waals surface area contributed by atoms with E-state index in [0.717, 1.165) is 0 Å². The van der Waals surface area contributed by atoms with Crippen molar-refractivity contribution < 1.29 is 4.84 Å². The van der Waals surface area contributed by atoms with Gasteiger partial charge in [-0.3, -0.25) is 5.41 Å². The molecule has 11 heavy (non-hydrogen) atoms. The molecule has 0 aromatic carbocycles. The van der Waals surface area contributed by atoms with E-state index in [2.05, 4.69) is 17.1 Å². The van der Waals surface area contributed by atoms with Crippen LogP contribution in [0.2, 0.25) is 0 Å². The molecule has 1 saturated heterocycles. The van der Waals surface area contributed by atoms with Crippen molar-refractivity contribution in [3.8, 4) is 0 Å². The van der Waals surface area contributed by atoms with Crippen molar-refractivity contribution in [3.63, 3.8) is 0 Å². The number of aliphatic imine (C=N–C) groups is 1. The molecule has 4 heteroatoms. The van der Waals surface area contributed by atoms with Crippen LogP contribution in [0, 0.1) is 5.41 Å². The maximum Gasteiger partial charge on any atom is 0.256 e.